The summed E-state index contributed by atoms with van der Waals surface area (Å²) in [6.45, 7) is 6.11. The number of nitrogens with zero attached hydrogens (tertiary/aromatic N) is 5. The van der Waals surface area contributed by atoms with E-state index >= 15 is 0 Å². The fraction of sp³-hybridized carbons (Fsp3) is 0.370. The largest absolute Gasteiger partial charge is 0.488 e. The van der Waals surface area contributed by atoms with E-state index in [2.05, 4.69) is 25.1 Å². The van der Waals surface area contributed by atoms with Crippen LogP contribution >= 0.6 is 11.6 Å². The smallest absolute Gasteiger partial charge is 0.226 e. The molecule has 0 aliphatic carbocycles. The first-order chi connectivity index (χ1) is 18.5. The summed E-state index contributed by atoms with van der Waals surface area (Å²) < 4.78 is 20.3. The Hall–Kier alpha value is -3.31. The molecule has 1 fully saturated rings. The van der Waals surface area contributed by atoms with Crippen LogP contribution in [-0.2, 0) is 4.79 Å². The van der Waals surface area contributed by atoms with E-state index in [1.807, 2.05) is 17.0 Å². The summed E-state index contributed by atoms with van der Waals surface area (Å²) in [5.41, 5.74) is 2.32. The first-order valence-electron chi connectivity index (χ1n) is 12.7. The number of hydrogen-bond acceptors (Lipinski definition) is 8. The predicted molar refractivity (Wildman–Crippen MR) is 145 cm³/mol. The molecular weight excluding hydrogens is 511 g/mol. The third kappa shape index (κ3) is 6.21. The van der Waals surface area contributed by atoms with Crippen molar-refractivity contribution in [1.29, 1.82) is 0 Å². The summed E-state index contributed by atoms with van der Waals surface area (Å²) in [6, 6.07) is 9.83. The summed E-state index contributed by atoms with van der Waals surface area (Å²) in [4.78, 5) is 27.9. The van der Waals surface area contributed by atoms with Gasteiger partial charge in [0.25, 0.3) is 0 Å². The Balaban J connectivity index is 1.26. The number of ether oxygens (including phenoxy) is 1. The molecule has 1 aromatic carbocycles. The van der Waals surface area contributed by atoms with E-state index in [-0.39, 0.29) is 12.5 Å². The topological polar surface area (TPSA) is 94.1 Å². The number of anilines is 3. The van der Waals surface area contributed by atoms with Gasteiger partial charge >= 0.3 is 0 Å². The maximum absolute atomic E-state index is 14.5. The van der Waals surface area contributed by atoms with Gasteiger partial charge in [0, 0.05) is 74.2 Å². The summed E-state index contributed by atoms with van der Waals surface area (Å²) >= 11 is 6.09. The second-order valence-electron chi connectivity index (χ2n) is 9.27. The molecule has 1 saturated heterocycles. The minimum atomic E-state index is -0.411. The molecule has 2 aliphatic rings. The molecule has 200 valence electrons. The SMILES string of the molecule is O=C(CCN1CCN(CCO)CC1)Nc1cc(N2CCOc3cnc(-c4cc(Cl)ccc4F)cc32)ccn1. The molecule has 38 heavy (non-hydrogen) atoms. The van der Waals surface area contributed by atoms with Crippen LogP contribution in [0.15, 0.2) is 48.8 Å². The highest BCUT2D eigenvalue weighted by molar-refractivity contribution is 6.30. The van der Waals surface area contributed by atoms with Gasteiger partial charge in [0.2, 0.25) is 5.91 Å². The van der Waals surface area contributed by atoms with Crippen LogP contribution in [0.3, 0.4) is 0 Å². The number of rotatable bonds is 8. The molecule has 9 nitrogen and oxygen atoms in total. The van der Waals surface area contributed by atoms with E-state index in [0.29, 0.717) is 60.5 Å². The maximum atomic E-state index is 14.5. The minimum absolute atomic E-state index is 0.0993. The molecule has 0 saturated carbocycles. The van der Waals surface area contributed by atoms with Crippen LogP contribution in [0, 0.1) is 5.82 Å². The number of carbonyl (C=O) groups excluding carboxylic acids is 1. The lowest BCUT2D eigenvalue weighted by Crippen LogP contribution is -2.47. The van der Waals surface area contributed by atoms with Crippen molar-refractivity contribution in [2.45, 2.75) is 6.42 Å². The molecule has 0 radical (unpaired) electrons. The second kappa shape index (κ2) is 12.0. The number of aliphatic hydroxyl groups is 1. The van der Waals surface area contributed by atoms with Crippen molar-refractivity contribution < 1.29 is 19.0 Å². The van der Waals surface area contributed by atoms with Crippen LogP contribution in [0.1, 0.15) is 6.42 Å². The van der Waals surface area contributed by atoms with Gasteiger partial charge in [0.1, 0.15) is 18.2 Å². The first kappa shape index (κ1) is 26.3. The van der Waals surface area contributed by atoms with Gasteiger partial charge in [-0.25, -0.2) is 9.37 Å². The summed E-state index contributed by atoms with van der Waals surface area (Å²) in [5, 5.41) is 12.4. The monoisotopic (exact) mass is 540 g/mol. The maximum Gasteiger partial charge on any atom is 0.226 e. The Kier molecular flexibility index (Phi) is 8.33. The molecule has 0 spiro atoms. The number of aliphatic hydroxyl groups excluding tert-OH is 1. The lowest BCUT2D eigenvalue weighted by molar-refractivity contribution is -0.116. The van der Waals surface area contributed by atoms with E-state index in [1.165, 1.54) is 12.1 Å². The van der Waals surface area contributed by atoms with Crippen molar-refractivity contribution in [2.24, 2.45) is 0 Å². The molecule has 11 heteroatoms. The number of piperazine rings is 1. The number of fused-ring (bicyclic) bond motifs is 1. The average Bonchev–Trinajstić information content (AvgIpc) is 2.94. The number of halogens is 2. The number of aromatic nitrogens is 2. The number of benzene rings is 1. The van der Waals surface area contributed by atoms with E-state index in [1.54, 1.807) is 24.5 Å². The lowest BCUT2D eigenvalue weighted by Gasteiger charge is -2.34. The summed E-state index contributed by atoms with van der Waals surface area (Å²) in [7, 11) is 0. The average molecular weight is 541 g/mol. The summed E-state index contributed by atoms with van der Waals surface area (Å²) in [5.74, 6) is 0.538. The van der Waals surface area contributed by atoms with Crippen molar-refractivity contribution in [3.8, 4) is 17.0 Å². The van der Waals surface area contributed by atoms with Crippen molar-refractivity contribution in [1.82, 2.24) is 19.8 Å². The number of nitrogens with one attached hydrogen (secondary N) is 1. The zero-order chi connectivity index (χ0) is 26.5. The van der Waals surface area contributed by atoms with Crippen LogP contribution in [0.5, 0.6) is 5.75 Å². The fourth-order valence-electron chi connectivity index (χ4n) is 4.73. The van der Waals surface area contributed by atoms with Crippen LogP contribution in [-0.4, -0.2) is 89.8 Å². The molecule has 0 atom stereocenters. The molecular formula is C27H30ClFN6O3. The molecule has 0 bridgehead atoms. The Morgan fingerprint density at radius 1 is 1.05 bits per heavy atom. The van der Waals surface area contributed by atoms with Crippen LogP contribution in [0.4, 0.5) is 21.6 Å². The van der Waals surface area contributed by atoms with E-state index < -0.39 is 5.82 Å². The van der Waals surface area contributed by atoms with E-state index in [9.17, 15) is 9.18 Å². The van der Waals surface area contributed by atoms with Gasteiger partial charge in [-0.15, -0.1) is 0 Å². The third-order valence-corrected chi connectivity index (χ3v) is 7.01. The Labute approximate surface area is 225 Å². The normalized spacial score (nSPS) is 16.1. The molecule has 1 amide bonds. The van der Waals surface area contributed by atoms with Gasteiger partial charge in [-0.1, -0.05) is 11.6 Å². The minimum Gasteiger partial charge on any atom is -0.488 e. The quantitative estimate of drug-likeness (QED) is 0.449. The number of pyridine rings is 2. The Morgan fingerprint density at radius 3 is 2.63 bits per heavy atom. The van der Waals surface area contributed by atoms with Crippen molar-refractivity contribution in [3.63, 3.8) is 0 Å². The lowest BCUT2D eigenvalue weighted by atomic mass is 10.1. The number of carbonyl (C=O) groups is 1. The fourth-order valence-corrected chi connectivity index (χ4v) is 4.90. The molecule has 4 heterocycles. The van der Waals surface area contributed by atoms with E-state index in [0.717, 1.165) is 37.6 Å². The van der Waals surface area contributed by atoms with Crippen LogP contribution in [0.2, 0.25) is 5.02 Å². The van der Waals surface area contributed by atoms with Crippen molar-refractivity contribution in [3.05, 3.63) is 59.6 Å². The van der Waals surface area contributed by atoms with Gasteiger partial charge < -0.3 is 25.0 Å². The highest BCUT2D eigenvalue weighted by Crippen LogP contribution is 2.39. The van der Waals surface area contributed by atoms with Crippen LogP contribution < -0.4 is 15.0 Å². The molecule has 0 unspecified atom stereocenters. The Bertz CT molecular complexity index is 1290. The van der Waals surface area contributed by atoms with Gasteiger partial charge in [0.15, 0.2) is 5.75 Å². The zero-order valence-electron chi connectivity index (χ0n) is 20.9. The zero-order valence-corrected chi connectivity index (χ0v) is 21.7. The van der Waals surface area contributed by atoms with Gasteiger partial charge in [-0.2, -0.15) is 0 Å². The molecule has 5 rings (SSSR count). The second-order valence-corrected chi connectivity index (χ2v) is 9.70. The van der Waals surface area contributed by atoms with E-state index in [4.69, 9.17) is 21.4 Å². The van der Waals surface area contributed by atoms with Gasteiger partial charge in [0.05, 0.1) is 30.7 Å². The molecule has 2 N–H and O–H groups in total. The van der Waals surface area contributed by atoms with Crippen LogP contribution in [0.25, 0.3) is 11.3 Å². The van der Waals surface area contributed by atoms with Gasteiger partial charge in [-0.05, 0) is 30.3 Å². The highest BCUT2D eigenvalue weighted by Gasteiger charge is 2.23. The number of hydrogen-bond donors (Lipinski definition) is 2. The third-order valence-electron chi connectivity index (χ3n) is 6.77. The number of β-amino-alcohol motifs (C(OH)–C–C–N with tert-alkyl or cyclic N) is 1. The summed E-state index contributed by atoms with van der Waals surface area (Å²) in [6.07, 6.45) is 3.61. The highest BCUT2D eigenvalue weighted by atomic mass is 35.5. The standard InChI is InChI=1S/C27H30ClFN6O3/c28-19-1-2-22(29)21(15-19)23-17-24-25(18-31-23)38-14-12-35(24)20-3-5-30-26(16-20)32-27(37)4-6-33-7-9-34(10-8-33)11-13-36/h1-3,5,15-18,36H,4,6-14H2,(H,30,32,37). The number of amides is 1. The molecule has 3 aromatic rings. The van der Waals surface area contributed by atoms with Gasteiger partial charge in [-0.3, -0.25) is 14.7 Å². The first-order valence-corrected chi connectivity index (χ1v) is 13.1. The van der Waals surface area contributed by atoms with Crippen molar-refractivity contribution >= 4 is 34.7 Å². The Morgan fingerprint density at radius 2 is 1.84 bits per heavy atom. The predicted octanol–water partition coefficient (Wildman–Crippen LogP) is 3.41. The van der Waals surface area contributed by atoms with Crippen molar-refractivity contribution in [2.75, 3.05) is 69.2 Å². The molecule has 2 aliphatic heterocycles. The molecule has 2 aromatic heterocycles.